The van der Waals surface area contributed by atoms with Gasteiger partial charge < -0.3 is 80.4 Å². The van der Waals surface area contributed by atoms with Gasteiger partial charge in [-0.15, -0.1) is 0 Å². The number of aliphatic hydroxyl groups excluding tert-OH is 2. The lowest BCUT2D eigenvalue weighted by Gasteiger charge is -2.29. The van der Waals surface area contributed by atoms with Crippen molar-refractivity contribution in [3.8, 4) is 0 Å². The fourth-order valence-corrected chi connectivity index (χ4v) is 6.86. The van der Waals surface area contributed by atoms with Crippen LogP contribution in [0.4, 0.5) is 0 Å². The van der Waals surface area contributed by atoms with Gasteiger partial charge in [0.15, 0.2) is 0 Å². The lowest BCUT2D eigenvalue weighted by Crippen LogP contribution is -2.63. The van der Waals surface area contributed by atoms with E-state index in [4.69, 9.17) is 17.2 Å². The monoisotopic (exact) mass is 1050 g/mol. The van der Waals surface area contributed by atoms with Crippen LogP contribution in [0.25, 0.3) is 0 Å². The molecule has 11 amide bonds. The summed E-state index contributed by atoms with van der Waals surface area (Å²) < 4.78 is 0. The molecule has 0 aromatic heterocycles. The Kier molecular flexibility index (Phi) is 29.3. The first kappa shape index (κ1) is 65.9. The van der Waals surface area contributed by atoms with Crippen LogP contribution in [0.15, 0.2) is 0 Å². The van der Waals surface area contributed by atoms with E-state index in [9.17, 15) is 72.9 Å². The number of carbonyl (C=O) groups excluding carboxylic acids is 11. The molecule has 0 aliphatic rings. The molecule has 0 fully saturated rings. The van der Waals surface area contributed by atoms with Crippen molar-refractivity contribution >= 4 is 83.6 Å². The fraction of sp³-hybridized carbons (Fsp3) is 0.727. The number of carbonyl (C=O) groups is 12. The molecule has 410 valence electrons. The number of rotatable bonds is 33. The first-order chi connectivity index (χ1) is 33.3. The van der Waals surface area contributed by atoms with Gasteiger partial charge in [-0.25, -0.2) is 0 Å². The zero-order valence-corrected chi connectivity index (χ0v) is 43.4. The maximum absolute atomic E-state index is 13.8. The van der Waals surface area contributed by atoms with Gasteiger partial charge in [0, 0.05) is 12.2 Å². The topological polar surface area (TPSA) is 452 Å². The molecular weight excluding hydrogens is 969 g/mol. The van der Waals surface area contributed by atoms with Crippen LogP contribution in [0.1, 0.15) is 101 Å². The van der Waals surface area contributed by atoms with E-state index in [0.29, 0.717) is 0 Å². The molecule has 11 atom stereocenters. The van der Waals surface area contributed by atoms with Gasteiger partial charge in [0.25, 0.3) is 0 Å². The molecule has 0 unspecified atom stereocenters. The van der Waals surface area contributed by atoms with Crippen LogP contribution >= 0.6 is 12.6 Å². The normalized spacial score (nSPS) is 15.9. The summed E-state index contributed by atoms with van der Waals surface area (Å²) in [5.41, 5.74) is 16.0. The quantitative estimate of drug-likeness (QED) is 0.0273. The minimum Gasteiger partial charge on any atom is -0.480 e. The smallest absolute Gasteiger partial charge is 0.325 e. The third kappa shape index (κ3) is 23.9. The summed E-state index contributed by atoms with van der Waals surface area (Å²) in [6.07, 6.45) is -2.93. The summed E-state index contributed by atoms with van der Waals surface area (Å²) in [7, 11) is 0. The molecule has 0 radical (unpaired) electrons. The minimum absolute atomic E-state index is 0.0620. The van der Waals surface area contributed by atoms with E-state index < -0.39 is 162 Å². The number of primary amides is 2. The standard InChI is InChI=1S/C44H78N12O15S/c1-18(2)13-26(37(63)55-32(20(5)6)41(67)48-22(9)44(70)71)51-40(66)29(17-72)53-43(69)34(23(10)58)56-38(64)27(14-19(3)4)50-39(65)28(16-57)52-42(68)33(21(7)8)54-36(62)25(11-12-30(46)59)49-35(61)24(45)15-31(47)60/h18-29,32-34,57-58,72H,11-17,45H2,1-10H3,(H2,46,59)(H2,47,60)(H,48,67)(H,49,61)(H,50,65)(H,51,66)(H,52,68)(H,53,69)(H,54,62)(H,55,63)(H,56,64)(H,70,71)/t22-,23+,24-,25-,26-,27-,28-,29-,32-,33-,34-/m0/s1. The molecule has 18 N–H and O–H groups in total. The predicted octanol–water partition coefficient (Wildman–Crippen LogP) is -5.37. The Bertz CT molecular complexity index is 1920. The highest BCUT2D eigenvalue weighted by Gasteiger charge is 2.37. The number of nitrogens with two attached hydrogens (primary N) is 3. The number of thiol groups is 1. The molecule has 0 aromatic carbocycles. The molecule has 0 rings (SSSR count). The third-order valence-electron chi connectivity index (χ3n) is 10.7. The van der Waals surface area contributed by atoms with Crippen molar-refractivity contribution in [2.24, 2.45) is 40.9 Å². The summed E-state index contributed by atoms with van der Waals surface area (Å²) in [5.74, 6) is -13.7. The molecule has 72 heavy (non-hydrogen) atoms. The van der Waals surface area contributed by atoms with Crippen LogP contribution in [0.2, 0.25) is 0 Å². The first-order valence-corrected chi connectivity index (χ1v) is 24.1. The highest BCUT2D eigenvalue weighted by molar-refractivity contribution is 7.80. The van der Waals surface area contributed by atoms with Crippen molar-refractivity contribution in [2.45, 2.75) is 168 Å². The van der Waals surface area contributed by atoms with E-state index in [-0.39, 0.29) is 43.3 Å². The Morgan fingerprint density at radius 3 is 1.21 bits per heavy atom. The molecule has 0 aliphatic heterocycles. The van der Waals surface area contributed by atoms with Crippen LogP contribution in [0, 0.1) is 23.7 Å². The molecule has 27 nitrogen and oxygen atoms in total. The van der Waals surface area contributed by atoms with E-state index in [1.165, 1.54) is 20.8 Å². The van der Waals surface area contributed by atoms with Crippen molar-refractivity contribution in [2.75, 3.05) is 12.4 Å². The second kappa shape index (κ2) is 32.0. The van der Waals surface area contributed by atoms with Gasteiger partial charge in [0.1, 0.15) is 54.4 Å². The minimum atomic E-state index is -1.76. The number of aliphatic carboxylic acids is 1. The number of amides is 11. The average Bonchev–Trinajstić information content (AvgIpc) is 3.26. The molecular formula is C44H78N12O15S. The second-order valence-electron chi connectivity index (χ2n) is 19.0. The first-order valence-electron chi connectivity index (χ1n) is 23.5. The second-order valence-corrected chi connectivity index (χ2v) is 19.3. The predicted molar refractivity (Wildman–Crippen MR) is 262 cm³/mol. The number of hydrogen-bond acceptors (Lipinski definition) is 16. The molecule has 28 heteroatoms. The lowest BCUT2D eigenvalue weighted by molar-refractivity contribution is -0.142. The van der Waals surface area contributed by atoms with Crippen molar-refractivity contribution in [1.82, 2.24) is 47.9 Å². The number of aliphatic hydroxyl groups is 2. The van der Waals surface area contributed by atoms with Crippen molar-refractivity contribution in [1.29, 1.82) is 0 Å². The Hall–Kier alpha value is -6.13. The van der Waals surface area contributed by atoms with Crippen molar-refractivity contribution < 1.29 is 72.9 Å². The molecule has 0 saturated carbocycles. The molecule has 0 aromatic rings. The molecule has 0 saturated heterocycles. The van der Waals surface area contributed by atoms with E-state index in [1.54, 1.807) is 41.5 Å². The SMILES string of the molecule is CC(C)C[C@H](NC(=O)[C@H](CS)NC(=O)[C@@H](NC(=O)[C@H](CC(C)C)NC(=O)[C@H](CO)NC(=O)[C@@H](NC(=O)[C@H](CCC(N)=O)NC(=O)[C@@H](N)CC(N)=O)C(C)C)[C@@H](C)O)C(=O)N[C@H](C(=O)N[C@@H](C)C(=O)O)C(C)C. The maximum Gasteiger partial charge on any atom is 0.325 e. The van der Waals surface area contributed by atoms with Crippen molar-refractivity contribution in [3.05, 3.63) is 0 Å². The summed E-state index contributed by atoms with van der Waals surface area (Å²) in [4.78, 5) is 155. The Balaban J connectivity index is 6.28. The number of carboxylic acid groups (broad SMARTS) is 1. The van der Waals surface area contributed by atoms with E-state index in [0.717, 1.165) is 6.92 Å². The largest absolute Gasteiger partial charge is 0.480 e. The Morgan fingerprint density at radius 1 is 0.472 bits per heavy atom. The van der Waals surface area contributed by atoms with E-state index in [2.05, 4.69) is 60.5 Å². The van der Waals surface area contributed by atoms with Crippen molar-refractivity contribution in [3.63, 3.8) is 0 Å². The fourth-order valence-electron chi connectivity index (χ4n) is 6.61. The maximum atomic E-state index is 13.8. The van der Waals surface area contributed by atoms with Gasteiger partial charge in [0.05, 0.1) is 25.2 Å². The van der Waals surface area contributed by atoms with Gasteiger partial charge >= 0.3 is 5.97 Å². The number of carboxylic acids is 1. The van der Waals surface area contributed by atoms with Gasteiger partial charge in [-0.1, -0.05) is 55.4 Å². The lowest BCUT2D eigenvalue weighted by atomic mass is 9.99. The Morgan fingerprint density at radius 2 is 0.833 bits per heavy atom. The molecule has 0 bridgehead atoms. The number of nitrogens with one attached hydrogen (secondary N) is 9. The van der Waals surface area contributed by atoms with Crippen LogP contribution in [0.5, 0.6) is 0 Å². The summed E-state index contributed by atoms with van der Waals surface area (Å²) in [6, 6.07) is -14.5. The third-order valence-corrected chi connectivity index (χ3v) is 11.0. The molecule has 0 heterocycles. The highest BCUT2D eigenvalue weighted by atomic mass is 32.1. The van der Waals surface area contributed by atoms with Gasteiger partial charge in [-0.2, -0.15) is 12.6 Å². The number of hydrogen-bond donors (Lipinski definition) is 16. The summed E-state index contributed by atoms with van der Waals surface area (Å²) in [5, 5.41) is 51.7. The summed E-state index contributed by atoms with van der Waals surface area (Å²) >= 11 is 4.18. The zero-order chi connectivity index (χ0) is 55.9. The summed E-state index contributed by atoms with van der Waals surface area (Å²) in [6.45, 7) is 14.6. The van der Waals surface area contributed by atoms with Crippen LogP contribution in [0.3, 0.4) is 0 Å². The van der Waals surface area contributed by atoms with Crippen LogP contribution in [-0.4, -0.2) is 165 Å². The Labute approximate surface area is 424 Å². The van der Waals surface area contributed by atoms with E-state index >= 15 is 0 Å². The zero-order valence-electron chi connectivity index (χ0n) is 42.5. The van der Waals surface area contributed by atoms with E-state index in [1.807, 2.05) is 0 Å². The highest BCUT2D eigenvalue weighted by Crippen LogP contribution is 2.12. The average molecular weight is 1050 g/mol. The van der Waals surface area contributed by atoms with Crippen LogP contribution in [-0.2, 0) is 57.5 Å². The molecule has 0 spiro atoms. The molecule has 0 aliphatic carbocycles. The van der Waals surface area contributed by atoms with Crippen LogP contribution < -0.4 is 65.1 Å². The van der Waals surface area contributed by atoms with Gasteiger partial charge in [-0.05, 0) is 56.8 Å². The van der Waals surface area contributed by atoms with Gasteiger partial charge in [0.2, 0.25) is 65.0 Å². The van der Waals surface area contributed by atoms with Gasteiger partial charge in [-0.3, -0.25) is 57.5 Å².